The summed E-state index contributed by atoms with van der Waals surface area (Å²) >= 11 is 3.47. The number of nitrogen functional groups attached to an aromatic ring is 1. The molecule has 0 heterocycles. The minimum absolute atomic E-state index is 0.247. The van der Waals surface area contributed by atoms with Gasteiger partial charge in [-0.15, -0.1) is 0 Å². The summed E-state index contributed by atoms with van der Waals surface area (Å²) in [4.78, 5) is 0. The van der Waals surface area contributed by atoms with E-state index in [1.54, 1.807) is 0 Å². The lowest BCUT2D eigenvalue weighted by molar-refractivity contribution is 0.0235. The van der Waals surface area contributed by atoms with Gasteiger partial charge in [-0.2, -0.15) is 0 Å². The molecule has 0 aromatic heterocycles. The van der Waals surface area contributed by atoms with Crippen LogP contribution in [0.3, 0.4) is 0 Å². The van der Waals surface area contributed by atoms with Gasteiger partial charge in [-0.3, -0.25) is 0 Å². The maximum atomic E-state index is 5.87. The minimum atomic E-state index is 0.247. The van der Waals surface area contributed by atoms with Gasteiger partial charge in [-0.25, -0.2) is 0 Å². The second-order valence-corrected chi connectivity index (χ2v) is 4.92. The van der Waals surface area contributed by atoms with Crippen LogP contribution in [0.1, 0.15) is 26.3 Å². The van der Waals surface area contributed by atoms with E-state index in [4.69, 9.17) is 10.5 Å². The molecule has 0 spiro atoms. The van der Waals surface area contributed by atoms with E-state index in [-0.39, 0.29) is 6.10 Å². The van der Waals surface area contributed by atoms with Gasteiger partial charge >= 0.3 is 0 Å². The summed E-state index contributed by atoms with van der Waals surface area (Å²) in [6.07, 6.45) is 0.247. The zero-order valence-electron chi connectivity index (χ0n) is 9.46. The van der Waals surface area contributed by atoms with E-state index >= 15 is 0 Å². The van der Waals surface area contributed by atoms with Crippen molar-refractivity contribution < 1.29 is 4.74 Å². The molecule has 0 radical (unpaired) electrons. The number of halogens is 1. The monoisotopic (exact) mass is 271 g/mol. The highest BCUT2D eigenvalue weighted by molar-refractivity contribution is 9.10. The van der Waals surface area contributed by atoms with E-state index in [0.717, 1.165) is 15.7 Å². The molecule has 0 fully saturated rings. The predicted molar refractivity (Wildman–Crippen MR) is 67.6 cm³/mol. The number of ether oxygens (including phenoxy) is 1. The standard InChI is InChI=1S/C12H18BrNO/c1-8(2)9(3)15-7-10-11(13)5-4-6-12(10)14/h4-6,8-9H,7,14H2,1-3H3. The van der Waals surface area contributed by atoms with Crippen molar-refractivity contribution in [3.63, 3.8) is 0 Å². The second kappa shape index (κ2) is 5.52. The van der Waals surface area contributed by atoms with E-state index in [1.807, 2.05) is 18.2 Å². The Morgan fingerprint density at radius 1 is 1.33 bits per heavy atom. The lowest BCUT2D eigenvalue weighted by atomic mass is 10.1. The molecular weight excluding hydrogens is 254 g/mol. The molecule has 84 valence electrons. The van der Waals surface area contributed by atoms with Gasteiger partial charge in [0.15, 0.2) is 0 Å². The molecule has 1 aromatic carbocycles. The lowest BCUT2D eigenvalue weighted by Crippen LogP contribution is -2.15. The number of hydrogen-bond donors (Lipinski definition) is 1. The first kappa shape index (κ1) is 12.5. The highest BCUT2D eigenvalue weighted by Crippen LogP contribution is 2.24. The number of nitrogens with two attached hydrogens (primary N) is 1. The van der Waals surface area contributed by atoms with Crippen LogP contribution in [-0.4, -0.2) is 6.10 Å². The van der Waals surface area contributed by atoms with Crippen molar-refractivity contribution in [3.05, 3.63) is 28.2 Å². The van der Waals surface area contributed by atoms with Gasteiger partial charge in [0.25, 0.3) is 0 Å². The van der Waals surface area contributed by atoms with Crippen LogP contribution in [0.4, 0.5) is 5.69 Å². The molecule has 2 N–H and O–H groups in total. The Morgan fingerprint density at radius 3 is 2.53 bits per heavy atom. The quantitative estimate of drug-likeness (QED) is 0.850. The summed E-state index contributed by atoms with van der Waals surface area (Å²) < 4.78 is 6.75. The highest BCUT2D eigenvalue weighted by Gasteiger charge is 2.10. The molecule has 2 nitrogen and oxygen atoms in total. The molecule has 15 heavy (non-hydrogen) atoms. The van der Waals surface area contributed by atoms with Gasteiger partial charge < -0.3 is 10.5 Å². The number of anilines is 1. The first-order valence-corrected chi connectivity index (χ1v) is 5.96. The zero-order chi connectivity index (χ0) is 11.4. The van der Waals surface area contributed by atoms with Gasteiger partial charge in [-0.1, -0.05) is 35.8 Å². The molecule has 0 saturated carbocycles. The Hall–Kier alpha value is -0.540. The number of benzene rings is 1. The van der Waals surface area contributed by atoms with E-state index < -0.39 is 0 Å². The van der Waals surface area contributed by atoms with E-state index in [9.17, 15) is 0 Å². The smallest absolute Gasteiger partial charge is 0.0751 e. The predicted octanol–water partition coefficient (Wildman–Crippen LogP) is 3.59. The lowest BCUT2D eigenvalue weighted by Gasteiger charge is -2.17. The summed E-state index contributed by atoms with van der Waals surface area (Å²) in [6, 6.07) is 5.80. The Balaban J connectivity index is 2.65. The third kappa shape index (κ3) is 3.50. The van der Waals surface area contributed by atoms with E-state index in [2.05, 4.69) is 36.7 Å². The maximum Gasteiger partial charge on any atom is 0.0751 e. The second-order valence-electron chi connectivity index (χ2n) is 4.07. The van der Waals surface area contributed by atoms with Crippen LogP contribution in [-0.2, 0) is 11.3 Å². The molecule has 1 atom stereocenters. The van der Waals surface area contributed by atoms with Crippen LogP contribution in [0, 0.1) is 5.92 Å². The maximum absolute atomic E-state index is 5.87. The SMILES string of the molecule is CC(C)C(C)OCc1c(N)cccc1Br. The molecule has 0 bridgehead atoms. The van der Waals surface area contributed by atoms with E-state index in [0.29, 0.717) is 12.5 Å². The summed E-state index contributed by atoms with van der Waals surface area (Å²) in [7, 11) is 0. The van der Waals surface area contributed by atoms with Crippen LogP contribution in [0.5, 0.6) is 0 Å². The van der Waals surface area contributed by atoms with Gasteiger partial charge in [0.2, 0.25) is 0 Å². The molecule has 1 rings (SSSR count). The number of hydrogen-bond acceptors (Lipinski definition) is 2. The fourth-order valence-corrected chi connectivity index (χ4v) is 1.63. The van der Waals surface area contributed by atoms with E-state index in [1.165, 1.54) is 0 Å². The van der Waals surface area contributed by atoms with Gasteiger partial charge in [0.1, 0.15) is 0 Å². The van der Waals surface area contributed by atoms with Gasteiger partial charge in [0, 0.05) is 15.7 Å². The van der Waals surface area contributed by atoms with Crippen LogP contribution < -0.4 is 5.73 Å². The third-order valence-electron chi connectivity index (χ3n) is 2.58. The molecule has 0 aliphatic carbocycles. The Bertz CT molecular complexity index is 305. The van der Waals surface area contributed by atoms with Crippen molar-refractivity contribution in [3.8, 4) is 0 Å². The van der Waals surface area contributed by atoms with Gasteiger partial charge in [-0.05, 0) is 25.0 Å². The topological polar surface area (TPSA) is 35.2 Å². The summed E-state index contributed by atoms with van der Waals surface area (Å²) in [5.41, 5.74) is 7.68. The number of rotatable bonds is 4. The Morgan fingerprint density at radius 2 is 2.00 bits per heavy atom. The minimum Gasteiger partial charge on any atom is -0.398 e. The Kier molecular flexibility index (Phi) is 4.61. The van der Waals surface area contributed by atoms with Gasteiger partial charge in [0.05, 0.1) is 12.7 Å². The zero-order valence-corrected chi connectivity index (χ0v) is 11.0. The average molecular weight is 272 g/mol. The Labute approximate surface area is 99.9 Å². The largest absolute Gasteiger partial charge is 0.398 e. The van der Waals surface area contributed by atoms with Crippen LogP contribution in [0.2, 0.25) is 0 Å². The molecule has 0 saturated heterocycles. The van der Waals surface area contributed by atoms with Crippen molar-refractivity contribution in [1.29, 1.82) is 0 Å². The molecule has 3 heteroatoms. The summed E-state index contributed by atoms with van der Waals surface area (Å²) in [5.74, 6) is 0.522. The molecule has 0 amide bonds. The van der Waals surface area contributed by atoms with Crippen LogP contribution >= 0.6 is 15.9 Å². The molecule has 0 aliphatic rings. The molecular formula is C12H18BrNO. The molecule has 1 aromatic rings. The summed E-state index contributed by atoms with van der Waals surface area (Å²) in [5, 5.41) is 0. The van der Waals surface area contributed by atoms with Crippen LogP contribution in [0.15, 0.2) is 22.7 Å². The van der Waals surface area contributed by atoms with Crippen molar-refractivity contribution in [2.24, 2.45) is 5.92 Å². The normalized spacial score (nSPS) is 13.1. The molecule has 0 aliphatic heterocycles. The first-order chi connectivity index (χ1) is 7.02. The fraction of sp³-hybridized carbons (Fsp3) is 0.500. The first-order valence-electron chi connectivity index (χ1n) is 5.16. The highest BCUT2D eigenvalue weighted by atomic mass is 79.9. The third-order valence-corrected chi connectivity index (χ3v) is 3.33. The van der Waals surface area contributed by atoms with Crippen molar-refractivity contribution in [1.82, 2.24) is 0 Å². The molecule has 1 unspecified atom stereocenters. The van der Waals surface area contributed by atoms with Crippen molar-refractivity contribution in [2.75, 3.05) is 5.73 Å². The van der Waals surface area contributed by atoms with Crippen molar-refractivity contribution in [2.45, 2.75) is 33.5 Å². The fourth-order valence-electron chi connectivity index (χ4n) is 1.13. The summed E-state index contributed by atoms with van der Waals surface area (Å²) in [6.45, 7) is 6.94. The van der Waals surface area contributed by atoms with Crippen molar-refractivity contribution >= 4 is 21.6 Å². The van der Waals surface area contributed by atoms with Crippen LogP contribution in [0.25, 0.3) is 0 Å². The average Bonchev–Trinajstić information content (AvgIpc) is 2.16.